The summed E-state index contributed by atoms with van der Waals surface area (Å²) in [7, 11) is 0. The zero-order valence-corrected chi connectivity index (χ0v) is 16.5. The van der Waals surface area contributed by atoms with E-state index in [1.807, 2.05) is 24.5 Å². The van der Waals surface area contributed by atoms with E-state index in [1.54, 1.807) is 42.7 Å². The Morgan fingerprint density at radius 1 is 1.07 bits per heavy atom. The van der Waals surface area contributed by atoms with E-state index in [1.165, 1.54) is 0 Å². The van der Waals surface area contributed by atoms with E-state index in [2.05, 4.69) is 0 Å². The molecule has 3 heterocycles. The summed E-state index contributed by atoms with van der Waals surface area (Å²) in [5, 5.41) is 0.370. The maximum absolute atomic E-state index is 12.6. The first-order valence-electron chi connectivity index (χ1n) is 9.36. The molecule has 4 rings (SSSR count). The molecule has 0 bridgehead atoms. The third-order valence-electron chi connectivity index (χ3n) is 4.94. The fourth-order valence-corrected chi connectivity index (χ4v) is 3.37. The lowest BCUT2D eigenvalue weighted by molar-refractivity contribution is 0.0444. The summed E-state index contributed by atoms with van der Waals surface area (Å²) < 4.78 is 17.9. The Balaban J connectivity index is 1.48. The molecule has 0 aliphatic rings. The standard InChI is InChI=1S/C23H19NO6/c1-14-10-18(15(2)24(14)12-16-6-5-9-28-16)20(26)13-29-23(27)22-11-19(25)17-7-3-4-8-21(17)30-22/h3-11H,12-13H2,1-2H3. The van der Waals surface area contributed by atoms with Crippen LogP contribution in [0.25, 0.3) is 11.0 Å². The Morgan fingerprint density at radius 2 is 1.87 bits per heavy atom. The van der Waals surface area contributed by atoms with Crippen LogP contribution < -0.4 is 5.43 Å². The van der Waals surface area contributed by atoms with E-state index in [-0.39, 0.29) is 22.6 Å². The Morgan fingerprint density at radius 3 is 2.63 bits per heavy atom. The van der Waals surface area contributed by atoms with Crippen LogP contribution in [0.2, 0.25) is 0 Å². The number of carbonyl (C=O) groups excluding carboxylic acids is 2. The lowest BCUT2D eigenvalue weighted by atomic mass is 10.1. The highest BCUT2D eigenvalue weighted by Gasteiger charge is 2.20. The van der Waals surface area contributed by atoms with Crippen LogP contribution in [-0.4, -0.2) is 22.9 Å². The topological polar surface area (TPSA) is 91.7 Å². The quantitative estimate of drug-likeness (QED) is 0.357. The van der Waals surface area contributed by atoms with Gasteiger partial charge in [-0.3, -0.25) is 9.59 Å². The van der Waals surface area contributed by atoms with E-state index in [4.69, 9.17) is 13.6 Å². The maximum atomic E-state index is 12.6. The van der Waals surface area contributed by atoms with Crippen LogP contribution in [0.5, 0.6) is 0 Å². The number of nitrogens with zero attached hydrogens (tertiary/aromatic N) is 1. The Labute approximate surface area is 171 Å². The Bertz CT molecular complexity index is 1290. The molecule has 152 valence electrons. The second-order valence-electron chi connectivity index (χ2n) is 6.92. The first kappa shape index (κ1) is 19.4. The predicted octanol–water partition coefficient (Wildman–Crippen LogP) is 3.89. The fourth-order valence-electron chi connectivity index (χ4n) is 3.37. The molecular weight excluding hydrogens is 386 g/mol. The summed E-state index contributed by atoms with van der Waals surface area (Å²) in [6.45, 7) is 3.76. The van der Waals surface area contributed by atoms with Gasteiger partial charge in [-0.1, -0.05) is 12.1 Å². The molecule has 0 atom stereocenters. The predicted molar refractivity (Wildman–Crippen MR) is 109 cm³/mol. The number of aromatic nitrogens is 1. The number of benzene rings is 1. The van der Waals surface area contributed by atoms with E-state index in [0.29, 0.717) is 17.5 Å². The van der Waals surface area contributed by atoms with Crippen molar-refractivity contribution in [3.8, 4) is 0 Å². The van der Waals surface area contributed by atoms with Gasteiger partial charge in [0, 0.05) is 23.0 Å². The lowest BCUT2D eigenvalue weighted by Gasteiger charge is -2.08. The molecule has 0 aliphatic heterocycles. The molecule has 0 fully saturated rings. The first-order valence-corrected chi connectivity index (χ1v) is 9.36. The monoisotopic (exact) mass is 405 g/mol. The maximum Gasteiger partial charge on any atom is 0.374 e. The van der Waals surface area contributed by atoms with E-state index in [9.17, 15) is 14.4 Å². The number of esters is 1. The molecule has 30 heavy (non-hydrogen) atoms. The van der Waals surface area contributed by atoms with Crippen LogP contribution in [0.3, 0.4) is 0 Å². The van der Waals surface area contributed by atoms with Gasteiger partial charge >= 0.3 is 5.97 Å². The van der Waals surface area contributed by atoms with Gasteiger partial charge in [-0.05, 0) is 44.2 Å². The molecule has 1 aromatic carbocycles. The largest absolute Gasteiger partial charge is 0.467 e. The smallest absolute Gasteiger partial charge is 0.374 e. The normalized spacial score (nSPS) is 11.0. The van der Waals surface area contributed by atoms with Crippen molar-refractivity contribution >= 4 is 22.7 Å². The molecule has 0 saturated heterocycles. The summed E-state index contributed by atoms with van der Waals surface area (Å²) in [6.07, 6.45) is 1.60. The summed E-state index contributed by atoms with van der Waals surface area (Å²) in [6, 6.07) is 13.1. The SMILES string of the molecule is Cc1cc(C(=O)COC(=O)c2cc(=O)c3ccccc3o2)c(C)n1Cc1ccco1. The van der Waals surface area contributed by atoms with Crippen LogP contribution in [0.4, 0.5) is 0 Å². The molecular formula is C23H19NO6. The second kappa shape index (κ2) is 7.87. The average molecular weight is 405 g/mol. The molecule has 0 aliphatic carbocycles. The summed E-state index contributed by atoms with van der Waals surface area (Å²) in [5.74, 6) is -0.677. The molecule has 7 heteroatoms. The van der Waals surface area contributed by atoms with Gasteiger partial charge in [0.2, 0.25) is 11.5 Å². The summed E-state index contributed by atoms with van der Waals surface area (Å²) >= 11 is 0. The zero-order valence-electron chi connectivity index (χ0n) is 16.5. The van der Waals surface area contributed by atoms with Crippen molar-refractivity contribution in [1.82, 2.24) is 4.57 Å². The van der Waals surface area contributed by atoms with Gasteiger partial charge < -0.3 is 18.1 Å². The van der Waals surface area contributed by atoms with Crippen molar-refractivity contribution < 1.29 is 23.2 Å². The van der Waals surface area contributed by atoms with Crippen LogP contribution in [0.15, 0.2) is 68.4 Å². The van der Waals surface area contributed by atoms with E-state index < -0.39 is 12.6 Å². The average Bonchev–Trinajstić information content (AvgIpc) is 3.35. The number of ketones is 1. The molecule has 7 nitrogen and oxygen atoms in total. The molecule has 3 aromatic heterocycles. The van der Waals surface area contributed by atoms with Crippen molar-refractivity contribution in [2.24, 2.45) is 0 Å². The molecule has 0 spiro atoms. The summed E-state index contributed by atoms with van der Waals surface area (Å²) in [5.41, 5.74) is 2.04. The van der Waals surface area contributed by atoms with Crippen LogP contribution in [-0.2, 0) is 11.3 Å². The number of hydrogen-bond acceptors (Lipinski definition) is 6. The lowest BCUT2D eigenvalue weighted by Crippen LogP contribution is -2.16. The van der Waals surface area contributed by atoms with Crippen molar-refractivity contribution in [3.05, 3.63) is 93.5 Å². The number of hydrogen-bond donors (Lipinski definition) is 0. The molecule has 0 amide bonds. The number of fused-ring (bicyclic) bond motifs is 1. The van der Waals surface area contributed by atoms with Crippen LogP contribution in [0, 0.1) is 13.8 Å². The van der Waals surface area contributed by atoms with Crippen molar-refractivity contribution in [3.63, 3.8) is 0 Å². The summed E-state index contributed by atoms with van der Waals surface area (Å²) in [4.78, 5) is 37.1. The van der Waals surface area contributed by atoms with Crippen LogP contribution >= 0.6 is 0 Å². The van der Waals surface area contributed by atoms with Gasteiger partial charge in [0.1, 0.15) is 11.3 Å². The molecule has 0 unspecified atom stereocenters. The minimum Gasteiger partial charge on any atom is -0.467 e. The van der Waals surface area contributed by atoms with Gasteiger partial charge in [0.05, 0.1) is 18.2 Å². The van der Waals surface area contributed by atoms with E-state index in [0.717, 1.165) is 23.2 Å². The highest BCUT2D eigenvalue weighted by molar-refractivity contribution is 6.00. The van der Waals surface area contributed by atoms with Crippen LogP contribution in [0.1, 0.15) is 38.1 Å². The first-order chi connectivity index (χ1) is 14.4. The van der Waals surface area contributed by atoms with Crippen molar-refractivity contribution in [2.75, 3.05) is 6.61 Å². The minimum absolute atomic E-state index is 0.241. The van der Waals surface area contributed by atoms with Gasteiger partial charge in [0.25, 0.3) is 0 Å². The third kappa shape index (κ3) is 3.69. The zero-order chi connectivity index (χ0) is 21.3. The highest BCUT2D eigenvalue weighted by Crippen LogP contribution is 2.19. The number of furan rings is 1. The van der Waals surface area contributed by atoms with Gasteiger partial charge in [-0.15, -0.1) is 0 Å². The van der Waals surface area contributed by atoms with Gasteiger partial charge in [-0.2, -0.15) is 0 Å². The third-order valence-corrected chi connectivity index (χ3v) is 4.94. The minimum atomic E-state index is -0.865. The number of para-hydroxylation sites is 1. The van der Waals surface area contributed by atoms with Gasteiger partial charge in [-0.25, -0.2) is 4.79 Å². The molecule has 0 radical (unpaired) electrons. The molecule has 4 aromatic rings. The highest BCUT2D eigenvalue weighted by atomic mass is 16.5. The molecule has 0 N–H and O–H groups in total. The Hall–Kier alpha value is -3.87. The second-order valence-corrected chi connectivity index (χ2v) is 6.92. The Kier molecular flexibility index (Phi) is 5.10. The number of ether oxygens (including phenoxy) is 1. The number of aryl methyl sites for hydroxylation is 1. The van der Waals surface area contributed by atoms with Crippen molar-refractivity contribution in [1.29, 1.82) is 0 Å². The van der Waals surface area contributed by atoms with E-state index >= 15 is 0 Å². The van der Waals surface area contributed by atoms with Gasteiger partial charge in [0.15, 0.2) is 12.0 Å². The number of carbonyl (C=O) groups is 2. The number of Topliss-reactive ketones (excluding diaryl/α,β-unsaturated/α-hetero) is 1. The van der Waals surface area contributed by atoms with Crippen molar-refractivity contribution in [2.45, 2.75) is 20.4 Å². The number of rotatable bonds is 6. The fraction of sp³-hybridized carbons (Fsp3) is 0.174. The molecule has 0 saturated carbocycles.